The Labute approximate surface area is 116 Å². The van der Waals surface area contributed by atoms with Crippen LogP contribution in [-0.2, 0) is 0 Å². The first-order chi connectivity index (χ1) is 8.66. The Kier molecular flexibility index (Phi) is 4.38. The average molecular weight is 326 g/mol. The summed E-state index contributed by atoms with van der Waals surface area (Å²) in [6.45, 7) is 0. The molecule has 0 amide bonds. The Hall–Kier alpha value is -1.33. The number of Topliss-reactive ketones (excluding diaryl/α,β-unsaturated/α-hetero) is 1. The first-order valence-corrected chi connectivity index (χ1v) is 6.88. The number of carbonyl (C=O) groups is 1. The number of aliphatic imine (C=N–C) groups is 1. The van der Waals surface area contributed by atoms with E-state index in [2.05, 4.69) is 20.9 Å². The van der Waals surface area contributed by atoms with Crippen molar-refractivity contribution in [1.82, 2.24) is 0 Å². The second-order valence-corrected chi connectivity index (χ2v) is 5.38. The van der Waals surface area contributed by atoms with Gasteiger partial charge in [-0.25, -0.2) is 4.39 Å². The zero-order valence-electron chi connectivity index (χ0n) is 9.27. The number of thiophene rings is 1. The van der Waals surface area contributed by atoms with E-state index in [4.69, 9.17) is 0 Å². The fourth-order valence-corrected chi connectivity index (χ4v) is 2.36. The molecule has 2 rings (SSSR count). The van der Waals surface area contributed by atoms with Crippen LogP contribution in [0.2, 0.25) is 0 Å². The Balaban J connectivity index is 2.01. The summed E-state index contributed by atoms with van der Waals surface area (Å²) in [5, 5.41) is 1.85. The molecule has 0 fully saturated rings. The van der Waals surface area contributed by atoms with Crippen LogP contribution in [0.5, 0.6) is 0 Å². The normalized spacial score (nSPS) is 11.0. The maximum absolute atomic E-state index is 13.4. The van der Waals surface area contributed by atoms with Crippen LogP contribution in [0.25, 0.3) is 0 Å². The van der Waals surface area contributed by atoms with Gasteiger partial charge in [0.15, 0.2) is 5.78 Å². The molecule has 0 bridgehead atoms. The quantitative estimate of drug-likeness (QED) is 0.595. The third-order valence-electron chi connectivity index (χ3n) is 2.21. The number of nitrogens with zero attached hydrogens (tertiary/aromatic N) is 1. The van der Waals surface area contributed by atoms with Gasteiger partial charge in [-0.15, -0.1) is 11.3 Å². The van der Waals surface area contributed by atoms with E-state index in [0.717, 1.165) is 0 Å². The molecular formula is C13H9BrFNOS. The van der Waals surface area contributed by atoms with Crippen molar-refractivity contribution in [3.63, 3.8) is 0 Å². The lowest BCUT2D eigenvalue weighted by atomic mass is 10.2. The van der Waals surface area contributed by atoms with Gasteiger partial charge in [0.1, 0.15) is 5.82 Å². The molecule has 0 radical (unpaired) electrons. The van der Waals surface area contributed by atoms with E-state index in [1.165, 1.54) is 23.6 Å². The van der Waals surface area contributed by atoms with Crippen molar-refractivity contribution in [2.45, 2.75) is 6.42 Å². The van der Waals surface area contributed by atoms with Gasteiger partial charge in [0.25, 0.3) is 0 Å². The molecule has 0 aliphatic carbocycles. The highest BCUT2D eigenvalue weighted by Gasteiger charge is 2.05. The van der Waals surface area contributed by atoms with E-state index in [1.807, 2.05) is 11.4 Å². The van der Waals surface area contributed by atoms with Crippen LogP contribution in [0.4, 0.5) is 10.1 Å². The number of hydrogen-bond acceptors (Lipinski definition) is 3. The second-order valence-electron chi connectivity index (χ2n) is 3.51. The lowest BCUT2D eigenvalue weighted by Gasteiger charge is -1.97. The SMILES string of the molecule is O=C(CC=Nc1ccc(Br)cc1F)c1cccs1. The van der Waals surface area contributed by atoms with Gasteiger partial charge in [0, 0.05) is 17.1 Å². The van der Waals surface area contributed by atoms with Crippen molar-refractivity contribution in [3.05, 3.63) is 50.9 Å². The minimum absolute atomic E-state index is 0.00808. The number of hydrogen-bond donors (Lipinski definition) is 0. The lowest BCUT2D eigenvalue weighted by Crippen LogP contribution is -1.95. The minimum atomic E-state index is -0.413. The van der Waals surface area contributed by atoms with Gasteiger partial charge < -0.3 is 0 Å². The lowest BCUT2D eigenvalue weighted by molar-refractivity contribution is 0.101. The van der Waals surface area contributed by atoms with Crippen molar-refractivity contribution in [2.75, 3.05) is 0 Å². The monoisotopic (exact) mass is 325 g/mol. The molecule has 1 aromatic carbocycles. The fourth-order valence-electron chi connectivity index (χ4n) is 1.35. The van der Waals surface area contributed by atoms with E-state index in [9.17, 15) is 9.18 Å². The van der Waals surface area contributed by atoms with Gasteiger partial charge in [-0.3, -0.25) is 9.79 Å². The molecule has 0 spiro atoms. The van der Waals surface area contributed by atoms with Gasteiger partial charge in [-0.2, -0.15) is 0 Å². The summed E-state index contributed by atoms with van der Waals surface area (Å²) in [5.41, 5.74) is 0.233. The minimum Gasteiger partial charge on any atom is -0.293 e. The molecule has 2 nitrogen and oxygen atoms in total. The highest BCUT2D eigenvalue weighted by molar-refractivity contribution is 9.10. The molecule has 5 heteroatoms. The predicted molar refractivity (Wildman–Crippen MR) is 75.5 cm³/mol. The van der Waals surface area contributed by atoms with Gasteiger partial charge in [-0.05, 0) is 29.6 Å². The molecular weight excluding hydrogens is 317 g/mol. The molecule has 0 atom stereocenters. The molecule has 18 heavy (non-hydrogen) atoms. The van der Waals surface area contributed by atoms with Crippen LogP contribution < -0.4 is 0 Å². The van der Waals surface area contributed by atoms with E-state index in [1.54, 1.807) is 18.2 Å². The van der Waals surface area contributed by atoms with Crippen LogP contribution in [0.15, 0.2) is 45.2 Å². The third kappa shape index (κ3) is 3.34. The zero-order valence-corrected chi connectivity index (χ0v) is 11.7. The number of rotatable bonds is 4. The highest BCUT2D eigenvalue weighted by atomic mass is 79.9. The van der Waals surface area contributed by atoms with Crippen LogP contribution in [0, 0.1) is 5.82 Å². The standard InChI is InChI=1S/C13H9BrFNOS/c14-9-3-4-11(10(15)8-9)16-6-5-12(17)13-2-1-7-18-13/h1-4,6-8H,5H2. The summed E-state index contributed by atoms with van der Waals surface area (Å²) in [6, 6.07) is 8.20. The maximum atomic E-state index is 13.4. The molecule has 0 aliphatic heterocycles. The van der Waals surface area contributed by atoms with Crippen LogP contribution in [0.1, 0.15) is 16.1 Å². The Morgan fingerprint density at radius 3 is 2.94 bits per heavy atom. The third-order valence-corrected chi connectivity index (χ3v) is 3.62. The van der Waals surface area contributed by atoms with Crippen LogP contribution in [-0.4, -0.2) is 12.0 Å². The number of ketones is 1. The number of benzene rings is 1. The molecule has 0 N–H and O–H groups in total. The van der Waals surface area contributed by atoms with Gasteiger partial charge >= 0.3 is 0 Å². The number of halogens is 2. The van der Waals surface area contributed by atoms with Crippen LogP contribution >= 0.6 is 27.3 Å². The molecule has 0 aliphatic rings. The second kappa shape index (κ2) is 6.02. The van der Waals surface area contributed by atoms with Crippen molar-refractivity contribution in [2.24, 2.45) is 4.99 Å². The average Bonchev–Trinajstić information content (AvgIpc) is 2.85. The Morgan fingerprint density at radius 2 is 2.28 bits per heavy atom. The van der Waals surface area contributed by atoms with Crippen molar-refractivity contribution >= 4 is 45.0 Å². The molecule has 92 valence electrons. The van der Waals surface area contributed by atoms with Crippen molar-refractivity contribution < 1.29 is 9.18 Å². The topological polar surface area (TPSA) is 29.4 Å². The van der Waals surface area contributed by atoms with Crippen molar-refractivity contribution in [1.29, 1.82) is 0 Å². The first kappa shape index (κ1) is 13.1. The summed E-state index contributed by atoms with van der Waals surface area (Å²) < 4.78 is 14.1. The predicted octanol–water partition coefficient (Wildman–Crippen LogP) is 4.63. The highest BCUT2D eigenvalue weighted by Crippen LogP contribution is 2.21. The molecule has 0 saturated carbocycles. The van der Waals surface area contributed by atoms with E-state index in [0.29, 0.717) is 9.35 Å². The van der Waals surface area contributed by atoms with Crippen molar-refractivity contribution in [3.8, 4) is 0 Å². The van der Waals surface area contributed by atoms with E-state index >= 15 is 0 Å². The summed E-state index contributed by atoms with van der Waals surface area (Å²) in [6.07, 6.45) is 1.62. The Bertz CT molecular complexity index is 581. The van der Waals surface area contributed by atoms with Gasteiger partial charge in [0.2, 0.25) is 0 Å². The summed E-state index contributed by atoms with van der Waals surface area (Å²) in [4.78, 5) is 16.3. The fraction of sp³-hybridized carbons (Fsp3) is 0.0769. The summed E-state index contributed by atoms with van der Waals surface area (Å²) in [7, 11) is 0. The van der Waals surface area contributed by atoms with Gasteiger partial charge in [-0.1, -0.05) is 22.0 Å². The van der Waals surface area contributed by atoms with E-state index in [-0.39, 0.29) is 17.9 Å². The Morgan fingerprint density at radius 1 is 1.44 bits per heavy atom. The maximum Gasteiger partial charge on any atom is 0.178 e. The first-order valence-electron chi connectivity index (χ1n) is 5.21. The molecule has 1 aromatic heterocycles. The molecule has 1 heterocycles. The molecule has 0 saturated heterocycles. The molecule has 0 unspecified atom stereocenters. The van der Waals surface area contributed by atoms with Gasteiger partial charge in [0.05, 0.1) is 10.6 Å². The van der Waals surface area contributed by atoms with Crippen LogP contribution in [0.3, 0.4) is 0 Å². The smallest absolute Gasteiger partial charge is 0.178 e. The number of carbonyl (C=O) groups excluding carboxylic acids is 1. The zero-order chi connectivity index (χ0) is 13.0. The summed E-state index contributed by atoms with van der Waals surface area (Å²) >= 11 is 4.56. The molecule has 2 aromatic rings. The largest absolute Gasteiger partial charge is 0.293 e. The van der Waals surface area contributed by atoms with E-state index < -0.39 is 5.82 Å². The summed E-state index contributed by atoms with van der Waals surface area (Å²) in [5.74, 6) is -0.421.